The Morgan fingerprint density at radius 3 is 0.786 bits per heavy atom. The normalized spacial score (nSPS) is 11.0. The maximum Gasteiger partial charge on any atom is 0.267 e. The molecule has 0 amide bonds. The molecule has 0 unspecified atom stereocenters. The van der Waals surface area contributed by atoms with Gasteiger partial charge < -0.3 is 0 Å². The predicted octanol–water partition coefficient (Wildman–Crippen LogP) is 6.51. The van der Waals surface area contributed by atoms with Crippen LogP contribution in [0.15, 0.2) is 97.1 Å². The van der Waals surface area contributed by atoms with Crippen molar-refractivity contribution in [1.29, 1.82) is 0 Å². The molecule has 2 aromatic heterocycles. The summed E-state index contributed by atoms with van der Waals surface area (Å²) in [5.74, 6) is -3.18. The average Bonchev–Trinajstić information content (AvgIpc) is 3.01. The van der Waals surface area contributed by atoms with Gasteiger partial charge in [-0.2, -0.15) is 0 Å². The molecule has 42 heavy (non-hydrogen) atoms. The molecule has 2 heterocycles. The highest BCUT2D eigenvalue weighted by Crippen LogP contribution is 2.24. The number of rotatable bonds is 6. The Hall–Kier alpha value is -5.71. The van der Waals surface area contributed by atoms with Gasteiger partial charge in [-0.25, -0.2) is 47.5 Å². The molecule has 0 fully saturated rings. The van der Waals surface area contributed by atoms with Crippen LogP contribution in [0.2, 0.25) is 0 Å². The van der Waals surface area contributed by atoms with Gasteiger partial charge in [-0.1, -0.05) is 0 Å². The fourth-order valence-electron chi connectivity index (χ4n) is 3.97. The summed E-state index contributed by atoms with van der Waals surface area (Å²) in [6.07, 6.45) is 0. The highest BCUT2D eigenvalue weighted by Gasteiger charge is 2.23. The molecule has 0 aliphatic carbocycles. The van der Waals surface area contributed by atoms with Crippen molar-refractivity contribution in [2.45, 2.75) is 0 Å². The number of carbonyl (C=O) groups is 1. The van der Waals surface area contributed by atoms with E-state index in [1.165, 1.54) is 97.1 Å². The van der Waals surface area contributed by atoms with E-state index in [0.29, 0.717) is 22.3 Å². The fraction of sp³-hybridized carbons (Fsp3) is 0. The van der Waals surface area contributed by atoms with E-state index in [2.05, 4.69) is 29.9 Å². The van der Waals surface area contributed by atoms with Gasteiger partial charge in [-0.3, -0.25) is 4.79 Å². The Balaban J connectivity index is 1.51. The maximum atomic E-state index is 13.9. The molecule has 0 radical (unpaired) electrons. The van der Waals surface area contributed by atoms with Gasteiger partial charge in [0.05, 0.1) is 0 Å². The first-order chi connectivity index (χ1) is 20.3. The van der Waals surface area contributed by atoms with Crippen LogP contribution in [-0.4, -0.2) is 35.7 Å². The van der Waals surface area contributed by atoms with E-state index in [1.807, 2.05) is 0 Å². The molecule has 11 heteroatoms. The number of carbonyl (C=O) groups excluding carboxylic acids is 1. The molecule has 204 valence electrons. The maximum absolute atomic E-state index is 13.9. The lowest BCUT2D eigenvalue weighted by Gasteiger charge is -2.09. The predicted molar refractivity (Wildman–Crippen MR) is 145 cm³/mol. The van der Waals surface area contributed by atoms with E-state index >= 15 is 0 Å². The van der Waals surface area contributed by atoms with E-state index in [4.69, 9.17) is 0 Å². The molecule has 0 spiro atoms. The minimum Gasteiger partial charge on any atom is -0.281 e. The summed E-state index contributed by atoms with van der Waals surface area (Å²) in [4.78, 5) is 39.9. The van der Waals surface area contributed by atoms with Crippen LogP contribution >= 0.6 is 0 Å². The van der Waals surface area contributed by atoms with Crippen LogP contribution in [0.5, 0.6) is 0 Å². The van der Waals surface area contributed by atoms with Crippen molar-refractivity contribution in [3.8, 4) is 45.6 Å². The van der Waals surface area contributed by atoms with Crippen molar-refractivity contribution < 1.29 is 22.4 Å². The molecule has 0 aliphatic heterocycles. The number of hydrogen-bond acceptors (Lipinski definition) is 7. The number of ketones is 1. The second-order valence-corrected chi connectivity index (χ2v) is 8.97. The Morgan fingerprint density at radius 1 is 0.357 bits per heavy atom. The minimum absolute atomic E-state index is 0.0549. The first kappa shape index (κ1) is 26.5. The van der Waals surface area contributed by atoms with Gasteiger partial charge in [0.25, 0.3) is 5.78 Å². The SMILES string of the molecule is O=C(c1nc(-c2ccc(F)cc2)nc(-c2ccc(F)cc2)n1)c1nc(-c2ccc(F)cc2)nc(-c2ccc(F)cc2)n1. The number of nitrogens with zero attached hydrogens (tertiary/aromatic N) is 6. The molecule has 6 aromatic rings. The number of benzene rings is 4. The van der Waals surface area contributed by atoms with Gasteiger partial charge in [0.15, 0.2) is 23.3 Å². The Morgan fingerprint density at radius 2 is 0.571 bits per heavy atom. The third-order valence-corrected chi connectivity index (χ3v) is 6.09. The third-order valence-electron chi connectivity index (χ3n) is 6.09. The molecule has 0 N–H and O–H groups in total. The second kappa shape index (κ2) is 11.0. The van der Waals surface area contributed by atoms with Crippen molar-refractivity contribution in [3.63, 3.8) is 0 Å². The largest absolute Gasteiger partial charge is 0.281 e. The number of aromatic nitrogens is 6. The smallest absolute Gasteiger partial charge is 0.267 e. The standard InChI is InChI=1S/C31H16F4N6O/c32-21-9-1-17(2-10-21)26-36-27(18-3-11-22(33)12-4-18)39-30(38-26)25(42)31-40-28(19-5-13-23(34)14-6-19)37-29(41-31)20-7-15-24(35)16-8-20/h1-16H. The quantitative estimate of drug-likeness (QED) is 0.168. The van der Waals surface area contributed by atoms with Gasteiger partial charge in [0, 0.05) is 22.3 Å². The summed E-state index contributed by atoms with van der Waals surface area (Å²) in [6.45, 7) is 0. The van der Waals surface area contributed by atoms with Crippen molar-refractivity contribution in [2.75, 3.05) is 0 Å². The third kappa shape index (κ3) is 5.61. The van der Waals surface area contributed by atoms with Crippen molar-refractivity contribution in [3.05, 3.63) is 132 Å². The van der Waals surface area contributed by atoms with Gasteiger partial charge >= 0.3 is 0 Å². The summed E-state index contributed by atoms with van der Waals surface area (Å²) in [5, 5.41) is 0. The first-order valence-electron chi connectivity index (χ1n) is 12.4. The average molecular weight is 565 g/mol. The Labute approximate surface area is 235 Å². The van der Waals surface area contributed by atoms with Crippen LogP contribution in [0, 0.1) is 23.3 Å². The van der Waals surface area contributed by atoms with E-state index in [1.54, 1.807) is 0 Å². The molecular weight excluding hydrogens is 548 g/mol. The van der Waals surface area contributed by atoms with Crippen LogP contribution in [0.4, 0.5) is 17.6 Å². The number of hydrogen-bond donors (Lipinski definition) is 0. The Kier molecular flexibility index (Phi) is 6.97. The van der Waals surface area contributed by atoms with Crippen LogP contribution < -0.4 is 0 Å². The lowest BCUT2D eigenvalue weighted by atomic mass is 10.1. The van der Waals surface area contributed by atoms with E-state index in [9.17, 15) is 22.4 Å². The van der Waals surface area contributed by atoms with Crippen molar-refractivity contribution in [1.82, 2.24) is 29.9 Å². The molecule has 0 saturated heterocycles. The van der Waals surface area contributed by atoms with E-state index in [0.717, 1.165) is 0 Å². The molecule has 0 aliphatic rings. The van der Waals surface area contributed by atoms with Crippen LogP contribution in [-0.2, 0) is 0 Å². The van der Waals surface area contributed by atoms with Crippen LogP contribution in [0.25, 0.3) is 45.6 Å². The van der Waals surface area contributed by atoms with E-state index < -0.39 is 29.1 Å². The summed E-state index contributed by atoms with van der Waals surface area (Å²) in [5.41, 5.74) is 1.58. The second-order valence-electron chi connectivity index (χ2n) is 8.97. The van der Waals surface area contributed by atoms with E-state index in [-0.39, 0.29) is 34.9 Å². The summed E-state index contributed by atoms with van der Waals surface area (Å²) in [7, 11) is 0. The highest BCUT2D eigenvalue weighted by molar-refractivity contribution is 6.04. The molecule has 0 atom stereocenters. The molecule has 0 bridgehead atoms. The zero-order valence-electron chi connectivity index (χ0n) is 21.3. The molecule has 4 aromatic carbocycles. The highest BCUT2D eigenvalue weighted by atomic mass is 19.1. The zero-order chi connectivity index (χ0) is 29.2. The minimum atomic E-state index is -0.807. The molecule has 7 nitrogen and oxygen atoms in total. The number of halogens is 4. The fourth-order valence-corrected chi connectivity index (χ4v) is 3.97. The topological polar surface area (TPSA) is 94.4 Å². The van der Waals surface area contributed by atoms with Gasteiger partial charge in [0.2, 0.25) is 11.6 Å². The monoisotopic (exact) mass is 564 g/mol. The summed E-state index contributed by atoms with van der Waals surface area (Å²) >= 11 is 0. The van der Waals surface area contributed by atoms with Crippen LogP contribution in [0.1, 0.15) is 16.4 Å². The molecular formula is C31H16F4N6O. The van der Waals surface area contributed by atoms with Gasteiger partial charge in [-0.15, -0.1) is 0 Å². The van der Waals surface area contributed by atoms with Gasteiger partial charge in [0.1, 0.15) is 23.3 Å². The van der Waals surface area contributed by atoms with Gasteiger partial charge in [-0.05, 0) is 97.1 Å². The summed E-state index contributed by atoms with van der Waals surface area (Å²) < 4.78 is 54.4. The molecule has 6 rings (SSSR count). The molecule has 0 saturated carbocycles. The Bertz CT molecular complexity index is 1650. The first-order valence-corrected chi connectivity index (χ1v) is 12.4. The van der Waals surface area contributed by atoms with Crippen LogP contribution in [0.3, 0.4) is 0 Å². The lowest BCUT2D eigenvalue weighted by Crippen LogP contribution is -2.15. The lowest BCUT2D eigenvalue weighted by molar-refractivity contribution is 0.101. The zero-order valence-corrected chi connectivity index (χ0v) is 21.3. The van der Waals surface area contributed by atoms with Crippen molar-refractivity contribution in [2.24, 2.45) is 0 Å². The van der Waals surface area contributed by atoms with Crippen molar-refractivity contribution >= 4 is 5.78 Å². The summed E-state index contributed by atoms with van der Waals surface area (Å²) in [6, 6.07) is 21.3.